The molecule has 0 fully saturated rings. The molecule has 2 amide bonds. The average Bonchev–Trinajstić information content (AvgIpc) is 3.48. The van der Waals surface area contributed by atoms with Crippen molar-refractivity contribution >= 4 is 29.3 Å². The summed E-state index contributed by atoms with van der Waals surface area (Å²) in [6.07, 6.45) is 1.43. The van der Waals surface area contributed by atoms with Crippen molar-refractivity contribution in [3.63, 3.8) is 0 Å². The van der Waals surface area contributed by atoms with E-state index in [2.05, 4.69) is 20.8 Å². The van der Waals surface area contributed by atoms with Gasteiger partial charge in [0.15, 0.2) is 16.7 Å². The van der Waals surface area contributed by atoms with Gasteiger partial charge in [-0.1, -0.05) is 23.9 Å². The standard InChI is InChI=1S/C23H20FN5O3S/c1-15-4-2-5-18(12-15)29-20(13-25-22(31)19-6-3-11-32-19)27-28-23(29)33-14-21(30)26-17-9-7-16(24)8-10-17/h2-12H,13-14H2,1H3,(H,25,31)(H,26,30). The fourth-order valence-electron chi connectivity index (χ4n) is 3.05. The van der Waals surface area contributed by atoms with Crippen molar-refractivity contribution in [3.8, 4) is 5.69 Å². The molecule has 0 bridgehead atoms. The van der Waals surface area contributed by atoms with E-state index in [1.807, 2.05) is 31.2 Å². The van der Waals surface area contributed by atoms with Crippen molar-refractivity contribution < 1.29 is 18.4 Å². The molecule has 33 heavy (non-hydrogen) atoms. The topological polar surface area (TPSA) is 102 Å². The van der Waals surface area contributed by atoms with Crippen molar-refractivity contribution in [2.45, 2.75) is 18.6 Å². The van der Waals surface area contributed by atoms with Crippen LogP contribution in [0.1, 0.15) is 21.9 Å². The highest BCUT2D eigenvalue weighted by atomic mass is 32.2. The molecular formula is C23H20FN5O3S. The van der Waals surface area contributed by atoms with E-state index < -0.39 is 0 Å². The van der Waals surface area contributed by atoms with Crippen molar-refractivity contribution in [2.24, 2.45) is 0 Å². The van der Waals surface area contributed by atoms with Crippen LogP contribution in [0.2, 0.25) is 0 Å². The molecule has 4 aromatic rings. The van der Waals surface area contributed by atoms with Gasteiger partial charge < -0.3 is 15.1 Å². The summed E-state index contributed by atoms with van der Waals surface area (Å²) in [4.78, 5) is 24.6. The van der Waals surface area contributed by atoms with Gasteiger partial charge in [0.2, 0.25) is 5.91 Å². The van der Waals surface area contributed by atoms with Gasteiger partial charge in [-0.05, 0) is 61.0 Å². The molecule has 0 aliphatic rings. The number of anilines is 1. The zero-order valence-electron chi connectivity index (χ0n) is 17.6. The van der Waals surface area contributed by atoms with Gasteiger partial charge in [-0.15, -0.1) is 10.2 Å². The van der Waals surface area contributed by atoms with E-state index in [0.717, 1.165) is 11.3 Å². The number of aromatic nitrogens is 3. The molecule has 168 valence electrons. The van der Waals surface area contributed by atoms with Crippen molar-refractivity contribution in [2.75, 3.05) is 11.1 Å². The summed E-state index contributed by atoms with van der Waals surface area (Å²) in [5.74, 6) is -0.240. The first kappa shape index (κ1) is 22.3. The molecule has 2 heterocycles. The van der Waals surface area contributed by atoms with Crippen LogP contribution in [-0.2, 0) is 11.3 Å². The minimum atomic E-state index is -0.375. The van der Waals surface area contributed by atoms with Crippen LogP contribution in [0.5, 0.6) is 0 Å². The second-order valence-electron chi connectivity index (χ2n) is 7.08. The summed E-state index contributed by atoms with van der Waals surface area (Å²) >= 11 is 1.20. The quantitative estimate of drug-likeness (QED) is 0.382. The third-order valence-corrected chi connectivity index (χ3v) is 5.50. The maximum absolute atomic E-state index is 13.1. The monoisotopic (exact) mass is 465 g/mol. The smallest absolute Gasteiger partial charge is 0.287 e. The fourth-order valence-corrected chi connectivity index (χ4v) is 3.82. The van der Waals surface area contributed by atoms with E-state index >= 15 is 0 Å². The Labute approximate surface area is 193 Å². The zero-order valence-corrected chi connectivity index (χ0v) is 18.4. The Kier molecular flexibility index (Phi) is 6.84. The Morgan fingerprint density at radius 1 is 1.09 bits per heavy atom. The molecule has 2 aromatic heterocycles. The number of halogens is 1. The zero-order chi connectivity index (χ0) is 23.2. The number of nitrogens with zero attached hydrogens (tertiary/aromatic N) is 3. The van der Waals surface area contributed by atoms with Gasteiger partial charge in [-0.25, -0.2) is 4.39 Å². The summed E-state index contributed by atoms with van der Waals surface area (Å²) in [7, 11) is 0. The Morgan fingerprint density at radius 2 is 1.91 bits per heavy atom. The van der Waals surface area contributed by atoms with Crippen molar-refractivity contribution in [1.29, 1.82) is 0 Å². The summed E-state index contributed by atoms with van der Waals surface area (Å²) < 4.78 is 20.0. The summed E-state index contributed by atoms with van der Waals surface area (Å²) in [5.41, 5.74) is 2.35. The average molecular weight is 466 g/mol. The number of rotatable bonds is 8. The van der Waals surface area contributed by atoms with Crippen LogP contribution in [0.25, 0.3) is 5.69 Å². The Morgan fingerprint density at radius 3 is 2.64 bits per heavy atom. The third kappa shape index (κ3) is 5.66. The predicted octanol–water partition coefficient (Wildman–Crippen LogP) is 3.97. The third-order valence-electron chi connectivity index (χ3n) is 4.57. The molecule has 0 unspecified atom stereocenters. The molecule has 2 N–H and O–H groups in total. The molecule has 0 saturated heterocycles. The van der Waals surface area contributed by atoms with Crippen LogP contribution in [0, 0.1) is 12.7 Å². The number of hydrogen-bond donors (Lipinski definition) is 2. The highest BCUT2D eigenvalue weighted by molar-refractivity contribution is 7.99. The van der Waals surface area contributed by atoms with Crippen molar-refractivity contribution in [3.05, 3.63) is 89.9 Å². The molecule has 0 aliphatic heterocycles. The lowest BCUT2D eigenvalue weighted by atomic mass is 10.2. The predicted molar refractivity (Wildman–Crippen MR) is 122 cm³/mol. The molecule has 0 atom stereocenters. The molecule has 0 aliphatic carbocycles. The number of thioether (sulfide) groups is 1. The lowest BCUT2D eigenvalue weighted by Gasteiger charge is -2.11. The van der Waals surface area contributed by atoms with Gasteiger partial charge in [0.1, 0.15) is 5.82 Å². The molecule has 0 spiro atoms. The van der Waals surface area contributed by atoms with Gasteiger partial charge in [0, 0.05) is 11.4 Å². The van der Waals surface area contributed by atoms with E-state index in [4.69, 9.17) is 4.42 Å². The fraction of sp³-hybridized carbons (Fsp3) is 0.130. The molecule has 0 radical (unpaired) electrons. The van der Waals surface area contributed by atoms with Crippen molar-refractivity contribution in [1.82, 2.24) is 20.1 Å². The van der Waals surface area contributed by atoms with E-state index in [1.165, 1.54) is 42.3 Å². The number of aryl methyl sites for hydroxylation is 1. The summed E-state index contributed by atoms with van der Waals surface area (Å²) in [6, 6.07) is 16.5. The number of hydrogen-bond acceptors (Lipinski definition) is 6. The van der Waals surface area contributed by atoms with Gasteiger partial charge >= 0.3 is 0 Å². The van der Waals surface area contributed by atoms with Gasteiger partial charge in [-0.2, -0.15) is 0 Å². The molecule has 4 rings (SSSR count). The molecule has 10 heteroatoms. The van der Waals surface area contributed by atoms with Crippen LogP contribution < -0.4 is 10.6 Å². The van der Waals surface area contributed by atoms with Gasteiger partial charge in [0.25, 0.3) is 5.91 Å². The summed E-state index contributed by atoms with van der Waals surface area (Å²) in [6.45, 7) is 2.08. The lowest BCUT2D eigenvalue weighted by Crippen LogP contribution is -2.24. The van der Waals surface area contributed by atoms with E-state index in [9.17, 15) is 14.0 Å². The number of carbonyl (C=O) groups excluding carboxylic acids is 2. The van der Waals surface area contributed by atoms with E-state index in [0.29, 0.717) is 16.7 Å². The molecule has 2 aromatic carbocycles. The number of carbonyl (C=O) groups is 2. The Bertz CT molecular complexity index is 1260. The van der Waals surface area contributed by atoms with E-state index in [1.54, 1.807) is 16.7 Å². The minimum absolute atomic E-state index is 0.0695. The highest BCUT2D eigenvalue weighted by Gasteiger charge is 2.18. The Balaban J connectivity index is 1.50. The van der Waals surface area contributed by atoms with Crippen LogP contribution >= 0.6 is 11.8 Å². The van der Waals surface area contributed by atoms with Crippen LogP contribution in [0.15, 0.2) is 76.5 Å². The lowest BCUT2D eigenvalue weighted by molar-refractivity contribution is -0.113. The number of furan rings is 1. The maximum atomic E-state index is 13.1. The first-order valence-corrected chi connectivity index (χ1v) is 11.0. The van der Waals surface area contributed by atoms with Gasteiger partial charge in [0.05, 0.1) is 18.6 Å². The van der Waals surface area contributed by atoms with Crippen LogP contribution in [0.4, 0.5) is 10.1 Å². The van der Waals surface area contributed by atoms with Crippen LogP contribution in [0.3, 0.4) is 0 Å². The number of nitrogens with one attached hydrogen (secondary N) is 2. The second-order valence-corrected chi connectivity index (χ2v) is 8.02. The second kappa shape index (κ2) is 10.1. The highest BCUT2D eigenvalue weighted by Crippen LogP contribution is 2.23. The normalized spacial score (nSPS) is 10.7. The van der Waals surface area contributed by atoms with Gasteiger partial charge in [-0.3, -0.25) is 14.2 Å². The largest absolute Gasteiger partial charge is 0.459 e. The molecule has 8 nitrogen and oxygen atoms in total. The minimum Gasteiger partial charge on any atom is -0.459 e. The number of amides is 2. The SMILES string of the molecule is Cc1cccc(-n2c(CNC(=O)c3ccco3)nnc2SCC(=O)Nc2ccc(F)cc2)c1. The maximum Gasteiger partial charge on any atom is 0.287 e. The van der Waals surface area contributed by atoms with Crippen LogP contribution in [-0.4, -0.2) is 32.3 Å². The first-order chi connectivity index (χ1) is 16.0. The first-order valence-electron chi connectivity index (χ1n) is 10.0. The summed E-state index contributed by atoms with van der Waals surface area (Å²) in [5, 5.41) is 14.4. The molecule has 0 saturated carbocycles. The Hall–Kier alpha value is -3.92. The number of benzene rings is 2. The van der Waals surface area contributed by atoms with E-state index in [-0.39, 0.29) is 35.7 Å². The molecular weight excluding hydrogens is 445 g/mol.